The summed E-state index contributed by atoms with van der Waals surface area (Å²) in [6.45, 7) is -1.42. The van der Waals surface area contributed by atoms with Gasteiger partial charge in [0.25, 0.3) is 0 Å². The van der Waals surface area contributed by atoms with Crippen molar-refractivity contribution in [3.63, 3.8) is 0 Å². The number of rotatable bonds is 11. The molecule has 0 bridgehead atoms. The first-order valence-corrected chi connectivity index (χ1v) is 12.4. The van der Waals surface area contributed by atoms with Gasteiger partial charge in [0.15, 0.2) is 6.61 Å². The smallest absolute Gasteiger partial charge is 0.422 e. The first kappa shape index (κ1) is 25.8. The highest BCUT2D eigenvalue weighted by molar-refractivity contribution is 7.98. The molecule has 2 aromatic rings. The molecule has 11 heteroatoms. The number of nitrogens with one attached hydrogen (secondary N) is 2. The molecular weight excluding hydrogens is 465 g/mol. The Bertz CT molecular complexity index is 996. The monoisotopic (exact) mass is 488 g/mol. The van der Waals surface area contributed by atoms with Gasteiger partial charge >= 0.3 is 6.18 Å². The van der Waals surface area contributed by atoms with Crippen LogP contribution in [0.1, 0.15) is 12.0 Å². The molecule has 2 N–H and O–H groups in total. The van der Waals surface area contributed by atoms with E-state index in [1.165, 1.54) is 42.1 Å². The van der Waals surface area contributed by atoms with E-state index in [1.54, 1.807) is 24.3 Å². The quantitative estimate of drug-likeness (QED) is 0.493. The van der Waals surface area contributed by atoms with Crippen molar-refractivity contribution in [3.8, 4) is 5.75 Å². The Balaban J connectivity index is 2.03. The molecule has 0 aromatic heterocycles. The highest BCUT2D eigenvalue weighted by atomic mass is 32.2. The predicted octanol–water partition coefficient (Wildman–Crippen LogP) is 4.28. The Morgan fingerprint density at radius 2 is 1.78 bits per heavy atom. The molecule has 0 aliphatic heterocycles. The molecule has 2 aromatic carbocycles. The van der Waals surface area contributed by atoms with Crippen LogP contribution in [0.5, 0.6) is 5.75 Å². The minimum atomic E-state index is -4.45. The van der Waals surface area contributed by atoms with Crippen LogP contribution in [0.4, 0.5) is 18.9 Å². The maximum absolute atomic E-state index is 12.7. The van der Waals surface area contributed by atoms with Crippen molar-refractivity contribution in [1.82, 2.24) is 4.72 Å². The lowest BCUT2D eigenvalue weighted by molar-refractivity contribution is -0.153. The molecule has 174 valence electrons. The second-order valence-corrected chi connectivity index (χ2v) is 9.21. The number of hydrogen-bond donors (Lipinski definition) is 2. The van der Waals surface area contributed by atoms with Crippen LogP contribution in [-0.2, 0) is 14.8 Å². The topological polar surface area (TPSA) is 84.5 Å². The molecule has 0 aliphatic rings. The summed E-state index contributed by atoms with van der Waals surface area (Å²) in [7, 11) is -3.90. The number of carbonyl (C=O) groups is 1. The number of benzene rings is 2. The molecule has 0 aliphatic carbocycles. The van der Waals surface area contributed by atoms with Gasteiger partial charge in [0.1, 0.15) is 11.8 Å². The number of hydrogen-bond acceptors (Lipinski definition) is 5. The molecule has 32 heavy (non-hydrogen) atoms. The molecule has 0 fully saturated rings. The van der Waals surface area contributed by atoms with Gasteiger partial charge in [-0.2, -0.15) is 29.7 Å². The molecule has 1 atom stereocenters. The van der Waals surface area contributed by atoms with Gasteiger partial charge in [-0.25, -0.2) is 8.42 Å². The van der Waals surface area contributed by atoms with Gasteiger partial charge in [0.2, 0.25) is 15.9 Å². The fraction of sp³-hybridized carbons (Fsp3) is 0.286. The zero-order valence-electron chi connectivity index (χ0n) is 17.1. The molecule has 6 nitrogen and oxygen atoms in total. The van der Waals surface area contributed by atoms with Crippen molar-refractivity contribution in [2.75, 3.05) is 23.9 Å². The van der Waals surface area contributed by atoms with Crippen LogP contribution in [-0.4, -0.2) is 45.2 Å². The lowest BCUT2D eigenvalue weighted by Crippen LogP contribution is -2.43. The van der Waals surface area contributed by atoms with Gasteiger partial charge < -0.3 is 10.1 Å². The number of anilines is 1. The third-order valence-electron chi connectivity index (χ3n) is 4.00. The number of sulfonamides is 1. The molecule has 0 saturated heterocycles. The minimum absolute atomic E-state index is 0.00833. The van der Waals surface area contributed by atoms with E-state index < -0.39 is 34.8 Å². The molecule has 1 unspecified atom stereocenters. The average Bonchev–Trinajstić information content (AvgIpc) is 2.75. The van der Waals surface area contributed by atoms with E-state index in [0.29, 0.717) is 17.0 Å². The first-order chi connectivity index (χ1) is 15.1. The fourth-order valence-corrected chi connectivity index (χ4v) is 3.99. The lowest BCUT2D eigenvalue weighted by atomic mass is 10.2. The Morgan fingerprint density at radius 3 is 2.38 bits per heavy atom. The number of thioether (sulfide) groups is 1. The zero-order chi connectivity index (χ0) is 23.6. The summed E-state index contributed by atoms with van der Waals surface area (Å²) < 4.78 is 68.6. The van der Waals surface area contributed by atoms with Gasteiger partial charge in [-0.1, -0.05) is 30.3 Å². The van der Waals surface area contributed by atoms with E-state index in [-0.39, 0.29) is 12.2 Å². The van der Waals surface area contributed by atoms with Gasteiger partial charge in [-0.05, 0) is 54.3 Å². The SMILES string of the molecule is CSCCC(NS(=O)(=O)C=Cc1ccccc1)C(=O)Nc1ccc(OCC(F)(F)F)cc1. The maximum Gasteiger partial charge on any atom is 0.422 e. The Hall–Kier alpha value is -2.50. The van der Waals surface area contributed by atoms with Crippen molar-refractivity contribution in [1.29, 1.82) is 0 Å². The van der Waals surface area contributed by atoms with Crippen LogP contribution in [0, 0.1) is 0 Å². The van der Waals surface area contributed by atoms with Crippen molar-refractivity contribution < 1.29 is 31.1 Å². The van der Waals surface area contributed by atoms with Crippen LogP contribution in [0.3, 0.4) is 0 Å². The molecular formula is C21H23F3N2O4S2. The van der Waals surface area contributed by atoms with Crippen molar-refractivity contribution in [3.05, 3.63) is 65.6 Å². The van der Waals surface area contributed by atoms with Crippen LogP contribution < -0.4 is 14.8 Å². The summed E-state index contributed by atoms with van der Waals surface area (Å²) in [5, 5.41) is 3.56. The number of ether oxygens (including phenoxy) is 1. The van der Waals surface area contributed by atoms with Gasteiger partial charge in [-0.15, -0.1) is 0 Å². The Morgan fingerprint density at radius 1 is 1.12 bits per heavy atom. The molecule has 0 radical (unpaired) electrons. The van der Waals surface area contributed by atoms with Crippen LogP contribution in [0.15, 0.2) is 60.0 Å². The number of halogens is 3. The molecule has 0 saturated carbocycles. The van der Waals surface area contributed by atoms with Crippen molar-refractivity contribution in [2.45, 2.75) is 18.6 Å². The molecule has 0 heterocycles. The van der Waals surface area contributed by atoms with E-state index in [9.17, 15) is 26.4 Å². The van der Waals surface area contributed by atoms with E-state index in [1.807, 2.05) is 12.3 Å². The summed E-state index contributed by atoms with van der Waals surface area (Å²) in [6, 6.07) is 13.1. The summed E-state index contributed by atoms with van der Waals surface area (Å²) in [4.78, 5) is 12.7. The standard InChI is InChI=1S/C21H23F3N2O4S2/c1-31-13-11-19(26-32(28,29)14-12-16-5-3-2-4-6-16)20(27)25-17-7-9-18(10-8-17)30-15-21(22,23)24/h2-10,12,14,19,26H,11,13,15H2,1H3,(H,25,27). The van der Waals surface area contributed by atoms with E-state index in [0.717, 1.165) is 5.41 Å². The second-order valence-electron chi connectivity index (χ2n) is 6.63. The Kier molecular flexibility index (Phi) is 9.60. The highest BCUT2D eigenvalue weighted by Crippen LogP contribution is 2.20. The largest absolute Gasteiger partial charge is 0.484 e. The van der Waals surface area contributed by atoms with E-state index >= 15 is 0 Å². The summed E-state index contributed by atoms with van der Waals surface area (Å²) in [5.74, 6) is -0.0570. The Labute approximate surface area is 189 Å². The molecule has 2 rings (SSSR count). The molecule has 0 spiro atoms. The van der Waals surface area contributed by atoms with Crippen LogP contribution in [0.25, 0.3) is 6.08 Å². The van der Waals surface area contributed by atoms with E-state index in [4.69, 9.17) is 0 Å². The summed E-state index contributed by atoms with van der Waals surface area (Å²) in [5.41, 5.74) is 0.985. The van der Waals surface area contributed by atoms with Crippen LogP contribution in [0.2, 0.25) is 0 Å². The summed E-state index contributed by atoms with van der Waals surface area (Å²) in [6.07, 6.45) is -0.953. The number of carbonyl (C=O) groups excluding carboxylic acids is 1. The highest BCUT2D eigenvalue weighted by Gasteiger charge is 2.28. The van der Waals surface area contributed by atoms with Gasteiger partial charge in [0, 0.05) is 11.1 Å². The normalized spacial score (nSPS) is 13.1. The first-order valence-electron chi connectivity index (χ1n) is 9.43. The predicted molar refractivity (Wildman–Crippen MR) is 121 cm³/mol. The zero-order valence-corrected chi connectivity index (χ0v) is 18.8. The molecule has 1 amide bonds. The minimum Gasteiger partial charge on any atom is -0.484 e. The van der Waals surface area contributed by atoms with Gasteiger partial charge in [-0.3, -0.25) is 4.79 Å². The van der Waals surface area contributed by atoms with E-state index in [2.05, 4.69) is 14.8 Å². The average molecular weight is 489 g/mol. The van der Waals surface area contributed by atoms with Gasteiger partial charge in [0.05, 0.1) is 0 Å². The fourth-order valence-electron chi connectivity index (χ4n) is 2.48. The third kappa shape index (κ3) is 9.75. The maximum atomic E-state index is 12.7. The lowest BCUT2D eigenvalue weighted by Gasteiger charge is -2.17. The third-order valence-corrected chi connectivity index (χ3v) is 5.75. The number of amides is 1. The second kappa shape index (κ2) is 11.9. The van der Waals surface area contributed by atoms with Crippen molar-refractivity contribution in [2.24, 2.45) is 0 Å². The van der Waals surface area contributed by atoms with Crippen molar-refractivity contribution >= 4 is 39.5 Å². The summed E-state index contributed by atoms with van der Waals surface area (Å²) >= 11 is 1.46. The number of alkyl halides is 3. The van der Waals surface area contributed by atoms with Crippen LogP contribution >= 0.6 is 11.8 Å².